The van der Waals surface area contributed by atoms with Gasteiger partial charge in [-0.3, -0.25) is 10.1 Å². The number of nitro groups is 1. The Morgan fingerprint density at radius 2 is 2.11 bits per heavy atom. The van der Waals surface area contributed by atoms with Crippen molar-refractivity contribution in [3.8, 4) is 0 Å². The molecule has 0 aliphatic heterocycles. The van der Waals surface area contributed by atoms with Gasteiger partial charge in [-0.2, -0.15) is 0 Å². The number of benzene rings is 1. The van der Waals surface area contributed by atoms with Gasteiger partial charge in [0.05, 0.1) is 4.92 Å². The Kier molecular flexibility index (Phi) is 3.74. The molecule has 0 saturated carbocycles. The minimum atomic E-state index is -0.358. The number of nitrogens with zero attached hydrogens (tertiary/aromatic N) is 1. The van der Waals surface area contributed by atoms with Gasteiger partial charge in [0.2, 0.25) is 0 Å². The molecule has 2 N–H and O–H groups in total. The second-order valence-corrected chi connectivity index (χ2v) is 5.11. The van der Waals surface area contributed by atoms with Crippen LogP contribution in [0.3, 0.4) is 0 Å². The molecule has 1 atom stereocenters. The largest absolute Gasteiger partial charge is 0.323 e. The van der Waals surface area contributed by atoms with Gasteiger partial charge < -0.3 is 5.73 Å². The summed E-state index contributed by atoms with van der Waals surface area (Å²) in [5.74, 6) is 0. The molecule has 4 nitrogen and oxygen atoms in total. The average molecular weight is 262 g/mol. The highest BCUT2D eigenvalue weighted by atomic mass is 32.1. The van der Waals surface area contributed by atoms with Gasteiger partial charge in [-0.25, -0.2) is 0 Å². The lowest BCUT2D eigenvalue weighted by molar-refractivity contribution is -0.385. The van der Waals surface area contributed by atoms with Crippen LogP contribution < -0.4 is 5.73 Å². The summed E-state index contributed by atoms with van der Waals surface area (Å²) in [4.78, 5) is 11.7. The summed E-state index contributed by atoms with van der Waals surface area (Å²) in [5, 5.41) is 12.9. The zero-order chi connectivity index (χ0) is 13.1. The van der Waals surface area contributed by atoms with E-state index in [2.05, 4.69) is 0 Å². The molecule has 0 aliphatic carbocycles. The van der Waals surface area contributed by atoms with Gasteiger partial charge >= 0.3 is 0 Å². The summed E-state index contributed by atoms with van der Waals surface area (Å²) >= 11 is 1.60. The van der Waals surface area contributed by atoms with Gasteiger partial charge in [-0.1, -0.05) is 18.2 Å². The van der Waals surface area contributed by atoms with Crippen molar-refractivity contribution in [2.24, 2.45) is 5.73 Å². The Bertz CT molecular complexity index is 566. The molecule has 5 heteroatoms. The van der Waals surface area contributed by atoms with Crippen molar-refractivity contribution < 1.29 is 4.92 Å². The van der Waals surface area contributed by atoms with Gasteiger partial charge in [0.1, 0.15) is 0 Å². The Balaban J connectivity index is 2.25. The topological polar surface area (TPSA) is 69.2 Å². The predicted octanol–water partition coefficient (Wildman–Crippen LogP) is 3.21. The number of aryl methyl sites for hydroxylation is 1. The summed E-state index contributed by atoms with van der Waals surface area (Å²) in [6.07, 6.45) is 0.485. The molecule has 1 aromatic carbocycles. The van der Waals surface area contributed by atoms with Crippen molar-refractivity contribution in [1.29, 1.82) is 0 Å². The van der Waals surface area contributed by atoms with E-state index in [1.807, 2.05) is 18.4 Å². The predicted molar refractivity (Wildman–Crippen MR) is 72.8 cm³/mol. The second kappa shape index (κ2) is 5.29. The van der Waals surface area contributed by atoms with Crippen molar-refractivity contribution in [3.05, 3.63) is 61.8 Å². The number of hydrogen-bond donors (Lipinski definition) is 1. The summed E-state index contributed by atoms with van der Waals surface area (Å²) in [7, 11) is 0. The smallest absolute Gasteiger partial charge is 0.272 e. The van der Waals surface area contributed by atoms with Crippen LogP contribution in [0, 0.1) is 17.0 Å². The number of para-hydroxylation sites is 1. The monoisotopic (exact) mass is 262 g/mol. The third-order valence-electron chi connectivity index (χ3n) is 2.87. The van der Waals surface area contributed by atoms with E-state index in [0.717, 1.165) is 10.4 Å². The highest BCUT2D eigenvalue weighted by Crippen LogP contribution is 2.28. The number of nitrogens with two attached hydrogens (primary N) is 1. The zero-order valence-corrected chi connectivity index (χ0v) is 10.8. The Morgan fingerprint density at radius 1 is 1.39 bits per heavy atom. The molecule has 0 amide bonds. The Labute approximate surface area is 109 Å². The van der Waals surface area contributed by atoms with E-state index in [4.69, 9.17) is 5.73 Å². The van der Waals surface area contributed by atoms with E-state index in [1.54, 1.807) is 29.5 Å². The third kappa shape index (κ3) is 2.57. The summed E-state index contributed by atoms with van der Waals surface area (Å²) < 4.78 is 0. The standard InChI is InChI=1S/C13H14N2O2S/c1-9-6-7-18-13(9)11(14)8-10-4-2-3-5-12(10)15(16)17/h2-7,11H,8,14H2,1H3/t11-/m0/s1. The lowest BCUT2D eigenvalue weighted by atomic mass is 10.0. The van der Waals surface area contributed by atoms with Crippen LogP contribution in [0.15, 0.2) is 35.7 Å². The number of nitro benzene ring substituents is 1. The third-order valence-corrected chi connectivity index (χ3v) is 4.02. The molecule has 1 aromatic heterocycles. The van der Waals surface area contributed by atoms with Crippen molar-refractivity contribution in [2.75, 3.05) is 0 Å². The molecule has 0 bridgehead atoms. The summed E-state index contributed by atoms with van der Waals surface area (Å²) in [5.41, 5.74) is 8.10. The van der Waals surface area contributed by atoms with E-state index in [9.17, 15) is 10.1 Å². The second-order valence-electron chi connectivity index (χ2n) is 4.16. The average Bonchev–Trinajstić information content (AvgIpc) is 2.76. The number of hydrogen-bond acceptors (Lipinski definition) is 4. The maximum atomic E-state index is 10.9. The zero-order valence-electron chi connectivity index (χ0n) is 10.00. The van der Waals surface area contributed by atoms with Gasteiger partial charge in [-0.15, -0.1) is 11.3 Å². The first kappa shape index (κ1) is 12.7. The van der Waals surface area contributed by atoms with Crippen molar-refractivity contribution in [2.45, 2.75) is 19.4 Å². The first-order chi connectivity index (χ1) is 8.59. The molecule has 2 rings (SSSR count). The van der Waals surface area contributed by atoms with Crippen LogP contribution in [0.25, 0.3) is 0 Å². The van der Waals surface area contributed by atoms with E-state index < -0.39 is 0 Å². The minimum Gasteiger partial charge on any atom is -0.323 e. The quantitative estimate of drug-likeness (QED) is 0.679. The first-order valence-electron chi connectivity index (χ1n) is 5.61. The minimum absolute atomic E-state index is 0.141. The maximum absolute atomic E-state index is 10.9. The fraction of sp³-hybridized carbons (Fsp3) is 0.231. The first-order valence-corrected chi connectivity index (χ1v) is 6.49. The molecule has 0 spiro atoms. The molecule has 94 valence electrons. The van der Waals surface area contributed by atoms with Crippen LogP contribution in [0.4, 0.5) is 5.69 Å². The van der Waals surface area contributed by atoms with Crippen molar-refractivity contribution >= 4 is 17.0 Å². The van der Waals surface area contributed by atoms with Gasteiger partial charge in [0, 0.05) is 22.5 Å². The molecule has 0 aliphatic rings. The van der Waals surface area contributed by atoms with Crippen LogP contribution in [0.2, 0.25) is 0 Å². The fourth-order valence-electron chi connectivity index (χ4n) is 1.96. The number of thiophene rings is 1. The molecule has 0 saturated heterocycles. The van der Waals surface area contributed by atoms with Crippen LogP contribution in [0.1, 0.15) is 22.0 Å². The van der Waals surface area contributed by atoms with E-state index in [1.165, 1.54) is 6.07 Å². The Morgan fingerprint density at radius 3 is 2.72 bits per heavy atom. The van der Waals surface area contributed by atoms with E-state index in [0.29, 0.717) is 12.0 Å². The molecular weight excluding hydrogens is 248 g/mol. The van der Waals surface area contributed by atoms with Gasteiger partial charge in [0.25, 0.3) is 5.69 Å². The molecule has 0 unspecified atom stereocenters. The lowest BCUT2D eigenvalue weighted by Gasteiger charge is -2.11. The summed E-state index contributed by atoms with van der Waals surface area (Å²) in [6.45, 7) is 2.01. The lowest BCUT2D eigenvalue weighted by Crippen LogP contribution is -2.13. The van der Waals surface area contributed by atoms with Crippen LogP contribution in [-0.2, 0) is 6.42 Å². The van der Waals surface area contributed by atoms with E-state index >= 15 is 0 Å². The highest BCUT2D eigenvalue weighted by Gasteiger charge is 2.17. The molecule has 1 heterocycles. The van der Waals surface area contributed by atoms with Crippen molar-refractivity contribution in [3.63, 3.8) is 0 Å². The normalized spacial score (nSPS) is 12.3. The summed E-state index contributed by atoms with van der Waals surface area (Å²) in [6, 6.07) is 8.58. The van der Waals surface area contributed by atoms with Gasteiger partial charge in [0.15, 0.2) is 0 Å². The SMILES string of the molecule is Cc1ccsc1[C@@H](N)Cc1ccccc1[N+](=O)[O-]. The van der Waals surface area contributed by atoms with Crippen LogP contribution in [0.5, 0.6) is 0 Å². The molecule has 0 fully saturated rings. The molecule has 2 aromatic rings. The maximum Gasteiger partial charge on any atom is 0.272 e. The molecule has 0 radical (unpaired) electrons. The van der Waals surface area contributed by atoms with Crippen molar-refractivity contribution in [1.82, 2.24) is 0 Å². The molecule has 18 heavy (non-hydrogen) atoms. The van der Waals surface area contributed by atoms with Gasteiger partial charge in [-0.05, 0) is 30.4 Å². The molecular formula is C13H14N2O2S. The van der Waals surface area contributed by atoms with Crippen LogP contribution >= 0.6 is 11.3 Å². The Hall–Kier alpha value is -1.72. The highest BCUT2D eigenvalue weighted by molar-refractivity contribution is 7.10. The van der Waals surface area contributed by atoms with E-state index in [-0.39, 0.29) is 16.7 Å². The number of rotatable bonds is 4. The fourth-order valence-corrected chi connectivity index (χ4v) is 2.89. The van der Waals surface area contributed by atoms with Crippen LogP contribution in [-0.4, -0.2) is 4.92 Å².